The molecule has 0 radical (unpaired) electrons. The number of esters is 1. The van der Waals surface area contributed by atoms with E-state index >= 15 is 0 Å². The minimum atomic E-state index is -0.295. The average molecular weight is 191 g/mol. The van der Waals surface area contributed by atoms with E-state index < -0.39 is 0 Å². The number of carbonyl (C=O) groups excluding carboxylic acids is 1. The van der Waals surface area contributed by atoms with E-state index in [1.54, 1.807) is 30.5 Å². The van der Waals surface area contributed by atoms with Crippen LogP contribution in [0.3, 0.4) is 0 Å². The largest absolute Gasteiger partial charge is 0.460 e. The lowest BCUT2D eigenvalue weighted by molar-refractivity contribution is 0.0517. The zero-order valence-electron chi connectivity index (χ0n) is 8.14. The highest BCUT2D eigenvalue weighted by atomic mass is 16.5. The molecule has 1 aromatic carbocycles. The molecule has 14 heavy (non-hydrogen) atoms. The first-order valence-corrected chi connectivity index (χ1v) is 4.51. The van der Waals surface area contributed by atoms with E-state index in [-0.39, 0.29) is 5.97 Å². The molecule has 0 spiro atoms. The molecule has 0 saturated carbocycles. The summed E-state index contributed by atoms with van der Waals surface area (Å²) >= 11 is 0. The predicted molar refractivity (Wildman–Crippen MR) is 55.8 cm³/mol. The second-order valence-corrected chi connectivity index (χ2v) is 2.67. The van der Waals surface area contributed by atoms with Gasteiger partial charge in [-0.15, -0.1) is 0 Å². The number of benzene rings is 1. The van der Waals surface area contributed by atoms with Crippen molar-refractivity contribution < 1.29 is 9.53 Å². The topological polar surface area (TPSA) is 38.7 Å². The molecule has 0 heterocycles. The van der Waals surface area contributed by atoms with Crippen LogP contribution in [-0.4, -0.2) is 25.3 Å². The molecule has 74 valence electrons. The predicted octanol–water partition coefficient (Wildman–Crippen LogP) is 1.93. The van der Waals surface area contributed by atoms with Crippen molar-refractivity contribution in [3.05, 3.63) is 35.9 Å². The highest BCUT2D eigenvalue weighted by Crippen LogP contribution is 2.00. The third-order valence-electron chi connectivity index (χ3n) is 1.65. The molecule has 0 aromatic heterocycles. The van der Waals surface area contributed by atoms with Gasteiger partial charge in [-0.05, 0) is 25.3 Å². The Hall–Kier alpha value is -1.64. The first kappa shape index (κ1) is 10.4. The normalized spacial score (nSPS) is 10.4. The van der Waals surface area contributed by atoms with Gasteiger partial charge in [0.05, 0.1) is 12.1 Å². The minimum absolute atomic E-state index is 0.295. The van der Waals surface area contributed by atoms with E-state index in [4.69, 9.17) is 4.74 Å². The number of ether oxygens (including phenoxy) is 1. The van der Waals surface area contributed by atoms with Crippen LogP contribution < -0.4 is 0 Å². The summed E-state index contributed by atoms with van der Waals surface area (Å²) in [5, 5.41) is 0. The van der Waals surface area contributed by atoms with E-state index in [0.29, 0.717) is 18.7 Å². The van der Waals surface area contributed by atoms with Gasteiger partial charge >= 0.3 is 5.97 Å². The number of carbonyl (C=O) groups is 1. The molecule has 0 N–H and O–H groups in total. The fraction of sp³-hybridized carbons (Fsp3) is 0.273. The Labute approximate surface area is 83.4 Å². The number of aliphatic imine (C=N–C) groups is 1. The monoisotopic (exact) mass is 191 g/mol. The van der Waals surface area contributed by atoms with Crippen molar-refractivity contribution in [1.29, 1.82) is 0 Å². The molecule has 1 aromatic rings. The average Bonchev–Trinajstić information content (AvgIpc) is 2.25. The van der Waals surface area contributed by atoms with Gasteiger partial charge in [-0.3, -0.25) is 4.99 Å². The number of hydrogen-bond acceptors (Lipinski definition) is 3. The molecule has 0 atom stereocenters. The van der Waals surface area contributed by atoms with Gasteiger partial charge in [0.15, 0.2) is 0 Å². The number of hydrogen-bond donors (Lipinski definition) is 0. The summed E-state index contributed by atoms with van der Waals surface area (Å²) in [5.41, 5.74) is 0.577. The minimum Gasteiger partial charge on any atom is -0.460 e. The summed E-state index contributed by atoms with van der Waals surface area (Å²) in [7, 11) is 0. The molecule has 3 heteroatoms. The van der Waals surface area contributed by atoms with Crippen LogP contribution in [0.5, 0.6) is 0 Å². The maximum Gasteiger partial charge on any atom is 0.338 e. The van der Waals surface area contributed by atoms with E-state index in [9.17, 15) is 4.79 Å². The molecular formula is C11H13NO2. The fourth-order valence-corrected chi connectivity index (χ4v) is 0.978. The van der Waals surface area contributed by atoms with Crippen molar-refractivity contribution in [2.24, 2.45) is 4.99 Å². The molecule has 0 unspecified atom stereocenters. The standard InChI is InChI=1S/C11H13NO2/c1-2-12-8-9-14-11(13)10-6-4-3-5-7-10/h2-7H,8-9H2,1H3. The Balaban J connectivity index is 2.36. The van der Waals surface area contributed by atoms with Gasteiger partial charge < -0.3 is 4.74 Å². The maximum absolute atomic E-state index is 11.3. The highest BCUT2D eigenvalue weighted by Gasteiger charge is 2.03. The summed E-state index contributed by atoms with van der Waals surface area (Å²) in [6.07, 6.45) is 1.69. The molecule has 0 aliphatic rings. The van der Waals surface area contributed by atoms with Crippen molar-refractivity contribution in [2.45, 2.75) is 6.92 Å². The van der Waals surface area contributed by atoms with Crippen LogP contribution in [0.2, 0.25) is 0 Å². The summed E-state index contributed by atoms with van der Waals surface area (Å²) in [6.45, 7) is 2.69. The lowest BCUT2D eigenvalue weighted by Crippen LogP contribution is -2.07. The fourth-order valence-electron chi connectivity index (χ4n) is 0.978. The Morgan fingerprint density at radius 2 is 2.14 bits per heavy atom. The molecule has 0 aliphatic carbocycles. The molecule has 0 fully saturated rings. The van der Waals surface area contributed by atoms with Crippen molar-refractivity contribution in [2.75, 3.05) is 13.2 Å². The first-order chi connectivity index (χ1) is 6.84. The van der Waals surface area contributed by atoms with Crippen LogP contribution in [0.1, 0.15) is 17.3 Å². The zero-order valence-corrected chi connectivity index (χ0v) is 8.14. The van der Waals surface area contributed by atoms with Gasteiger partial charge in [0.1, 0.15) is 6.61 Å². The van der Waals surface area contributed by atoms with E-state index in [1.165, 1.54) is 0 Å². The van der Waals surface area contributed by atoms with Crippen LogP contribution in [0.15, 0.2) is 35.3 Å². The smallest absolute Gasteiger partial charge is 0.338 e. The van der Waals surface area contributed by atoms with E-state index in [2.05, 4.69) is 4.99 Å². The summed E-state index contributed by atoms with van der Waals surface area (Å²) in [5.74, 6) is -0.295. The third kappa shape index (κ3) is 3.39. The van der Waals surface area contributed by atoms with Crippen LogP contribution in [0, 0.1) is 0 Å². The molecule has 0 bridgehead atoms. The Kier molecular flexibility index (Phi) is 4.41. The van der Waals surface area contributed by atoms with Gasteiger partial charge in [0.2, 0.25) is 0 Å². The van der Waals surface area contributed by atoms with Crippen molar-refractivity contribution >= 4 is 12.2 Å². The Morgan fingerprint density at radius 3 is 2.79 bits per heavy atom. The van der Waals surface area contributed by atoms with E-state index in [0.717, 1.165) is 0 Å². The van der Waals surface area contributed by atoms with Crippen LogP contribution in [0.25, 0.3) is 0 Å². The van der Waals surface area contributed by atoms with Crippen LogP contribution >= 0.6 is 0 Å². The molecule has 3 nitrogen and oxygen atoms in total. The second kappa shape index (κ2) is 5.91. The number of rotatable bonds is 4. The molecular weight excluding hydrogens is 178 g/mol. The highest BCUT2D eigenvalue weighted by molar-refractivity contribution is 5.89. The first-order valence-electron chi connectivity index (χ1n) is 4.51. The summed E-state index contributed by atoms with van der Waals surface area (Å²) in [4.78, 5) is 15.3. The Morgan fingerprint density at radius 1 is 1.43 bits per heavy atom. The van der Waals surface area contributed by atoms with Gasteiger partial charge in [0.25, 0.3) is 0 Å². The van der Waals surface area contributed by atoms with Crippen molar-refractivity contribution in [3.8, 4) is 0 Å². The van der Waals surface area contributed by atoms with Gasteiger partial charge in [-0.2, -0.15) is 0 Å². The van der Waals surface area contributed by atoms with Crippen molar-refractivity contribution in [1.82, 2.24) is 0 Å². The SMILES string of the molecule is CC=NCCOC(=O)c1ccccc1. The van der Waals surface area contributed by atoms with Gasteiger partial charge in [0, 0.05) is 0 Å². The third-order valence-corrected chi connectivity index (χ3v) is 1.65. The summed E-state index contributed by atoms with van der Waals surface area (Å²) < 4.78 is 4.98. The molecule has 0 aliphatic heterocycles. The van der Waals surface area contributed by atoms with Gasteiger partial charge in [-0.25, -0.2) is 4.79 Å². The summed E-state index contributed by atoms with van der Waals surface area (Å²) in [6, 6.07) is 8.93. The maximum atomic E-state index is 11.3. The Bertz CT molecular complexity index is 306. The van der Waals surface area contributed by atoms with Crippen LogP contribution in [-0.2, 0) is 4.74 Å². The van der Waals surface area contributed by atoms with Crippen LogP contribution in [0.4, 0.5) is 0 Å². The number of nitrogens with zero attached hydrogens (tertiary/aromatic N) is 1. The van der Waals surface area contributed by atoms with Gasteiger partial charge in [-0.1, -0.05) is 18.2 Å². The molecule has 0 saturated heterocycles. The zero-order chi connectivity index (χ0) is 10.2. The van der Waals surface area contributed by atoms with E-state index in [1.807, 2.05) is 13.0 Å². The quantitative estimate of drug-likeness (QED) is 0.414. The lowest BCUT2D eigenvalue weighted by atomic mass is 10.2. The lowest BCUT2D eigenvalue weighted by Gasteiger charge is -2.01. The second-order valence-electron chi connectivity index (χ2n) is 2.67. The molecule has 0 amide bonds. The molecule has 1 rings (SSSR count). The van der Waals surface area contributed by atoms with Crippen molar-refractivity contribution in [3.63, 3.8) is 0 Å².